The summed E-state index contributed by atoms with van der Waals surface area (Å²) in [4.78, 5) is 62.3. The van der Waals surface area contributed by atoms with Crippen molar-refractivity contribution < 1.29 is 52.4 Å². The van der Waals surface area contributed by atoms with Gasteiger partial charge in [-0.05, 0) is 31.2 Å². The number of Topliss-reactive ketones (excluding diaryl/α,β-unsaturated/α-hetero) is 1. The average Bonchev–Trinajstić information content (AvgIpc) is 2.97. The number of ketones is 1. The van der Waals surface area contributed by atoms with Gasteiger partial charge in [-0.3, -0.25) is 15.0 Å². The normalized spacial score (nSPS) is 21.3. The van der Waals surface area contributed by atoms with E-state index in [1.54, 1.807) is 36.4 Å². The summed E-state index contributed by atoms with van der Waals surface area (Å²) in [5.41, 5.74) is 0.175. The van der Waals surface area contributed by atoms with Crippen LogP contribution in [-0.4, -0.2) is 76.7 Å². The summed E-state index contributed by atoms with van der Waals surface area (Å²) in [6.07, 6.45) is -8.50. The number of carbonyl (C=O) groups excluding carboxylic acids is 5. The molecule has 15 heteroatoms. The Kier molecular flexibility index (Phi) is 12.5. The van der Waals surface area contributed by atoms with Crippen molar-refractivity contribution in [3.05, 3.63) is 71.8 Å². The summed E-state index contributed by atoms with van der Waals surface area (Å²) in [7, 11) is 0. The maximum absolute atomic E-state index is 13.2. The van der Waals surface area contributed by atoms with Gasteiger partial charge in [0, 0.05) is 13.3 Å². The van der Waals surface area contributed by atoms with E-state index < -0.39 is 70.9 Å². The van der Waals surface area contributed by atoms with Gasteiger partial charge in [-0.2, -0.15) is 0 Å². The monoisotopic (exact) mass is 671 g/mol. The van der Waals surface area contributed by atoms with Crippen molar-refractivity contribution in [1.29, 1.82) is 5.41 Å². The summed E-state index contributed by atoms with van der Waals surface area (Å²) in [5, 5.41) is 8.10. The molecule has 5 atom stereocenters. The fourth-order valence-electron chi connectivity index (χ4n) is 3.94. The van der Waals surface area contributed by atoms with Crippen LogP contribution in [0.15, 0.2) is 60.7 Å². The molecule has 1 aliphatic heterocycles. The second-order valence-corrected chi connectivity index (χ2v) is 11.7. The lowest BCUT2D eigenvalue weighted by molar-refractivity contribution is -0.284. The molecular formula is C29H28Cl3NO11. The highest BCUT2D eigenvalue weighted by atomic mass is 35.6. The highest BCUT2D eigenvalue weighted by molar-refractivity contribution is 6.76. The van der Waals surface area contributed by atoms with Crippen molar-refractivity contribution in [1.82, 2.24) is 0 Å². The van der Waals surface area contributed by atoms with E-state index in [4.69, 9.17) is 68.6 Å². The molecule has 3 rings (SSSR count). The zero-order chi connectivity index (χ0) is 32.4. The fraction of sp³-hybridized carbons (Fsp3) is 0.379. The molecule has 0 amide bonds. The van der Waals surface area contributed by atoms with Crippen LogP contribution in [0.5, 0.6) is 0 Å². The first-order valence-corrected chi connectivity index (χ1v) is 14.2. The van der Waals surface area contributed by atoms with E-state index in [1.807, 2.05) is 0 Å². The topological polar surface area (TPSA) is 165 Å². The lowest BCUT2D eigenvalue weighted by Crippen LogP contribution is -2.63. The fourth-order valence-corrected chi connectivity index (χ4v) is 4.07. The van der Waals surface area contributed by atoms with E-state index in [0.29, 0.717) is 0 Å². The molecule has 0 spiro atoms. The lowest BCUT2D eigenvalue weighted by Gasteiger charge is -2.44. The van der Waals surface area contributed by atoms with Crippen molar-refractivity contribution in [2.75, 3.05) is 6.61 Å². The number of hydrogen-bond donors (Lipinski definition) is 1. The second-order valence-electron chi connectivity index (χ2n) is 9.42. The van der Waals surface area contributed by atoms with Gasteiger partial charge >= 0.3 is 23.9 Å². The molecule has 44 heavy (non-hydrogen) atoms. The van der Waals surface area contributed by atoms with Crippen LogP contribution >= 0.6 is 34.8 Å². The SMILES string of the molecule is CC(=O)CCC(=O)OC[C@H]1O[C@H](OC(=N)C(Cl)(Cl)Cl)[C@H](OC(=O)c2ccccc2)[C@@H](OC(=O)c2ccccc2)[C@@H]1OC(C)=O. The van der Waals surface area contributed by atoms with Crippen LogP contribution in [0.1, 0.15) is 47.4 Å². The Morgan fingerprint density at radius 3 is 1.75 bits per heavy atom. The van der Waals surface area contributed by atoms with Crippen molar-refractivity contribution in [2.45, 2.75) is 61.2 Å². The van der Waals surface area contributed by atoms with E-state index >= 15 is 0 Å². The second kappa shape index (κ2) is 15.8. The van der Waals surface area contributed by atoms with Crippen molar-refractivity contribution in [3.8, 4) is 0 Å². The molecule has 2 aromatic carbocycles. The number of rotatable bonds is 11. The molecule has 0 saturated carbocycles. The zero-order valence-electron chi connectivity index (χ0n) is 23.4. The first kappa shape index (κ1) is 34.8. The first-order valence-electron chi connectivity index (χ1n) is 13.1. The third-order valence-electron chi connectivity index (χ3n) is 5.98. The molecule has 1 saturated heterocycles. The Morgan fingerprint density at radius 1 is 0.750 bits per heavy atom. The Labute approximate surface area is 267 Å². The predicted molar refractivity (Wildman–Crippen MR) is 155 cm³/mol. The summed E-state index contributed by atoms with van der Waals surface area (Å²) in [6, 6.07) is 15.4. The number of benzene rings is 2. The van der Waals surface area contributed by atoms with E-state index in [-0.39, 0.29) is 29.8 Å². The van der Waals surface area contributed by atoms with Crippen LogP contribution in [0.2, 0.25) is 0 Å². The van der Waals surface area contributed by atoms with Gasteiger partial charge in [-0.1, -0.05) is 71.2 Å². The minimum Gasteiger partial charge on any atom is -0.463 e. The number of alkyl halides is 3. The molecule has 1 fully saturated rings. The summed E-state index contributed by atoms with van der Waals surface area (Å²) < 4.78 is 31.1. The predicted octanol–water partition coefficient (Wildman–Crippen LogP) is 4.37. The molecule has 12 nitrogen and oxygen atoms in total. The molecule has 1 N–H and O–H groups in total. The molecule has 1 aliphatic rings. The number of ether oxygens (including phenoxy) is 6. The van der Waals surface area contributed by atoms with Crippen LogP contribution in [0.3, 0.4) is 0 Å². The lowest BCUT2D eigenvalue weighted by atomic mass is 9.97. The third kappa shape index (κ3) is 10.2. The Bertz CT molecular complexity index is 1350. The third-order valence-corrected chi connectivity index (χ3v) is 6.49. The highest BCUT2D eigenvalue weighted by Crippen LogP contribution is 2.34. The molecule has 0 aromatic heterocycles. The molecule has 2 aromatic rings. The highest BCUT2D eigenvalue weighted by Gasteiger charge is 2.55. The van der Waals surface area contributed by atoms with E-state index in [9.17, 15) is 24.0 Å². The average molecular weight is 673 g/mol. The van der Waals surface area contributed by atoms with Gasteiger partial charge in [0.15, 0.2) is 12.2 Å². The van der Waals surface area contributed by atoms with Gasteiger partial charge in [0.25, 0.3) is 3.79 Å². The molecule has 0 radical (unpaired) electrons. The number of carbonyl (C=O) groups is 5. The summed E-state index contributed by atoms with van der Waals surface area (Å²) in [6.45, 7) is 1.77. The summed E-state index contributed by atoms with van der Waals surface area (Å²) in [5.74, 6) is -4.68. The van der Waals surface area contributed by atoms with Gasteiger partial charge in [0.05, 0.1) is 17.5 Å². The Morgan fingerprint density at radius 2 is 1.27 bits per heavy atom. The Balaban J connectivity index is 2.05. The number of esters is 4. The van der Waals surface area contributed by atoms with Gasteiger partial charge in [0.1, 0.15) is 18.5 Å². The van der Waals surface area contributed by atoms with E-state index in [0.717, 1.165) is 6.92 Å². The Hall–Kier alpha value is -3.71. The number of nitrogens with one attached hydrogen (secondary N) is 1. The van der Waals surface area contributed by atoms with Crippen LogP contribution in [0.25, 0.3) is 0 Å². The molecule has 0 unspecified atom stereocenters. The van der Waals surface area contributed by atoms with E-state index in [1.165, 1.54) is 31.2 Å². The first-order chi connectivity index (χ1) is 20.8. The van der Waals surface area contributed by atoms with Gasteiger partial charge in [-0.15, -0.1) is 0 Å². The molecule has 0 aliphatic carbocycles. The van der Waals surface area contributed by atoms with Gasteiger partial charge in [0.2, 0.25) is 18.3 Å². The van der Waals surface area contributed by atoms with Crippen molar-refractivity contribution >= 4 is 70.4 Å². The smallest absolute Gasteiger partial charge is 0.338 e. The quantitative estimate of drug-likeness (QED) is 0.118. The summed E-state index contributed by atoms with van der Waals surface area (Å²) >= 11 is 17.4. The zero-order valence-corrected chi connectivity index (χ0v) is 25.7. The minimum absolute atomic E-state index is 0.0846. The van der Waals surface area contributed by atoms with Crippen molar-refractivity contribution in [3.63, 3.8) is 0 Å². The van der Waals surface area contributed by atoms with Crippen LogP contribution in [0.4, 0.5) is 0 Å². The molecule has 0 bridgehead atoms. The number of halogens is 3. The number of hydrogen-bond acceptors (Lipinski definition) is 12. The minimum atomic E-state index is -2.39. The maximum atomic E-state index is 13.2. The van der Waals surface area contributed by atoms with Gasteiger partial charge < -0.3 is 33.2 Å². The van der Waals surface area contributed by atoms with Gasteiger partial charge in [-0.25, -0.2) is 9.59 Å². The largest absolute Gasteiger partial charge is 0.463 e. The molecule has 1 heterocycles. The van der Waals surface area contributed by atoms with Crippen LogP contribution in [-0.2, 0) is 42.8 Å². The van der Waals surface area contributed by atoms with Crippen LogP contribution < -0.4 is 0 Å². The molecule has 236 valence electrons. The standard InChI is InChI=1S/C29H28Cl3NO11/c1-16(34)13-14-21(36)39-15-20-22(40-17(2)35)23(42-25(37)18-9-5-3-6-10-18)24(27(41-20)44-28(33)29(30,31)32)43-26(38)19-11-7-4-8-12-19/h3-12,20,22-24,27,33H,13-15H2,1-2H3/t20-,22-,23+,24-,27-/m1/s1. The van der Waals surface area contributed by atoms with Crippen molar-refractivity contribution in [2.24, 2.45) is 0 Å². The molecular weight excluding hydrogens is 645 g/mol. The maximum Gasteiger partial charge on any atom is 0.338 e. The van der Waals surface area contributed by atoms with Crippen LogP contribution in [0, 0.1) is 5.41 Å². The van der Waals surface area contributed by atoms with E-state index in [2.05, 4.69) is 0 Å².